The summed E-state index contributed by atoms with van der Waals surface area (Å²) in [6.45, 7) is 7.06. The fraction of sp³-hybridized carbons (Fsp3) is 0.500. The van der Waals surface area contributed by atoms with Crippen LogP contribution < -0.4 is 0 Å². The lowest BCUT2D eigenvalue weighted by Gasteiger charge is -2.34. The maximum atomic E-state index is 2.57. The Bertz CT molecular complexity index is 484. The van der Waals surface area contributed by atoms with E-state index in [1.54, 1.807) is 11.1 Å². The maximum Gasteiger partial charge on any atom is 0.0292 e. The Balaban J connectivity index is 2.16. The Labute approximate surface area is 118 Å². The van der Waals surface area contributed by atoms with Crippen molar-refractivity contribution in [2.24, 2.45) is 5.92 Å². The van der Waals surface area contributed by atoms with Gasteiger partial charge >= 0.3 is 0 Å². The highest BCUT2D eigenvalue weighted by Gasteiger charge is 2.46. The largest absolute Gasteiger partial charge is 0.0796 e. The second kappa shape index (κ2) is 3.84. The number of benzene rings is 1. The quantitative estimate of drug-likeness (QED) is 0.364. The van der Waals surface area contributed by atoms with Gasteiger partial charge in [0.1, 0.15) is 0 Å². The molecule has 0 fully saturated rings. The summed E-state index contributed by atoms with van der Waals surface area (Å²) < 4.78 is 0.712. The predicted octanol–water partition coefficient (Wildman–Crippen LogP) is 4.75. The van der Waals surface area contributed by atoms with Crippen LogP contribution in [0.25, 0.3) is 0 Å². The van der Waals surface area contributed by atoms with Crippen LogP contribution in [0.1, 0.15) is 42.9 Å². The second-order valence-corrected chi connectivity index (χ2v) is 7.68. The van der Waals surface area contributed by atoms with Crippen LogP contribution >= 0.6 is 22.6 Å². The number of alkyl halides is 1. The van der Waals surface area contributed by atoms with E-state index in [1.807, 2.05) is 0 Å². The molecule has 0 heterocycles. The lowest BCUT2D eigenvalue weighted by Crippen LogP contribution is -2.29. The summed E-state index contributed by atoms with van der Waals surface area (Å²) in [4.78, 5) is 0. The molecule has 2 aliphatic rings. The molecule has 3 atom stereocenters. The minimum atomic E-state index is 0.334. The summed E-state index contributed by atoms with van der Waals surface area (Å²) in [6.07, 6.45) is 6.17. The number of hydrogen-bond acceptors (Lipinski definition) is 0. The van der Waals surface area contributed by atoms with Gasteiger partial charge in [0, 0.05) is 9.84 Å². The van der Waals surface area contributed by atoms with Gasteiger partial charge in [-0.25, -0.2) is 0 Å². The summed E-state index contributed by atoms with van der Waals surface area (Å²) in [5.74, 6) is 1.44. The standard InChI is InChI=1S/C16H19I/c1-10-4-6-12-13-7-5-11(17)9-15(13)16(2,3)14(12)8-10/h4-8,11,13,15H,9H2,1-3H3/t11?,13?,15-/m0/s1. The molecule has 0 N–H and O–H groups in total. The predicted molar refractivity (Wildman–Crippen MR) is 82.0 cm³/mol. The van der Waals surface area contributed by atoms with Crippen molar-refractivity contribution in [2.75, 3.05) is 0 Å². The highest BCUT2D eigenvalue weighted by molar-refractivity contribution is 14.1. The van der Waals surface area contributed by atoms with Crippen LogP contribution in [-0.4, -0.2) is 3.92 Å². The van der Waals surface area contributed by atoms with Gasteiger partial charge < -0.3 is 0 Å². The van der Waals surface area contributed by atoms with Crippen LogP contribution in [0, 0.1) is 12.8 Å². The molecule has 0 aliphatic heterocycles. The zero-order chi connectivity index (χ0) is 12.2. The molecular formula is C16H19I. The highest BCUT2D eigenvalue weighted by atomic mass is 127. The van der Waals surface area contributed by atoms with E-state index in [4.69, 9.17) is 0 Å². The Morgan fingerprint density at radius 3 is 2.76 bits per heavy atom. The SMILES string of the molecule is Cc1ccc2c(c1)C(C)(C)[C@H]1CC(I)C=CC21. The van der Waals surface area contributed by atoms with Gasteiger partial charge in [0.25, 0.3) is 0 Å². The monoisotopic (exact) mass is 338 g/mol. The van der Waals surface area contributed by atoms with Crippen molar-refractivity contribution in [3.8, 4) is 0 Å². The van der Waals surface area contributed by atoms with Crippen LogP contribution in [0.5, 0.6) is 0 Å². The first-order valence-electron chi connectivity index (χ1n) is 6.43. The number of fused-ring (bicyclic) bond motifs is 3. The van der Waals surface area contributed by atoms with Gasteiger partial charge in [-0.15, -0.1) is 0 Å². The molecule has 0 nitrogen and oxygen atoms in total. The topological polar surface area (TPSA) is 0 Å². The first-order valence-corrected chi connectivity index (χ1v) is 7.68. The molecule has 90 valence electrons. The van der Waals surface area contributed by atoms with Gasteiger partial charge in [-0.3, -0.25) is 0 Å². The number of hydrogen-bond donors (Lipinski definition) is 0. The molecule has 0 bridgehead atoms. The first-order chi connectivity index (χ1) is 8.00. The van der Waals surface area contributed by atoms with Crippen molar-refractivity contribution in [1.82, 2.24) is 0 Å². The summed E-state index contributed by atoms with van der Waals surface area (Å²) in [6, 6.07) is 7.03. The van der Waals surface area contributed by atoms with E-state index in [2.05, 4.69) is 73.7 Å². The van der Waals surface area contributed by atoms with Crippen LogP contribution in [0.15, 0.2) is 30.4 Å². The Kier molecular flexibility index (Phi) is 2.66. The molecule has 1 heteroatoms. The fourth-order valence-electron chi connectivity index (χ4n) is 3.62. The van der Waals surface area contributed by atoms with E-state index in [1.165, 1.54) is 12.0 Å². The Morgan fingerprint density at radius 1 is 1.24 bits per heavy atom. The fourth-order valence-corrected chi connectivity index (χ4v) is 4.41. The number of aryl methyl sites for hydroxylation is 1. The van der Waals surface area contributed by atoms with Crippen molar-refractivity contribution in [3.05, 3.63) is 47.0 Å². The van der Waals surface area contributed by atoms with Crippen LogP contribution in [-0.2, 0) is 5.41 Å². The molecule has 0 saturated carbocycles. The Hall–Kier alpha value is -0.310. The average Bonchev–Trinajstić information content (AvgIpc) is 2.49. The van der Waals surface area contributed by atoms with Gasteiger partial charge in [0.05, 0.1) is 0 Å². The lowest BCUT2D eigenvalue weighted by molar-refractivity contribution is 0.306. The molecule has 0 radical (unpaired) electrons. The van der Waals surface area contributed by atoms with Crippen LogP contribution in [0.3, 0.4) is 0 Å². The van der Waals surface area contributed by atoms with Crippen LogP contribution in [0.4, 0.5) is 0 Å². The van der Waals surface area contributed by atoms with Crippen molar-refractivity contribution in [3.63, 3.8) is 0 Å². The summed E-state index contributed by atoms with van der Waals surface area (Å²) >= 11 is 2.57. The maximum absolute atomic E-state index is 2.57. The molecule has 0 spiro atoms. The normalized spacial score (nSPS) is 33.3. The average molecular weight is 338 g/mol. The number of halogens is 1. The van der Waals surface area contributed by atoms with Gasteiger partial charge in [-0.05, 0) is 35.8 Å². The Morgan fingerprint density at radius 2 is 2.00 bits per heavy atom. The van der Waals surface area contributed by atoms with E-state index >= 15 is 0 Å². The van der Waals surface area contributed by atoms with Crippen molar-refractivity contribution in [2.45, 2.75) is 42.4 Å². The van der Waals surface area contributed by atoms with Crippen molar-refractivity contribution in [1.29, 1.82) is 0 Å². The lowest BCUT2D eigenvalue weighted by atomic mass is 9.72. The van der Waals surface area contributed by atoms with Crippen LogP contribution in [0.2, 0.25) is 0 Å². The minimum absolute atomic E-state index is 0.334. The molecule has 0 aromatic heterocycles. The third-order valence-corrected chi connectivity index (χ3v) is 5.55. The smallest absolute Gasteiger partial charge is 0.0292 e. The third kappa shape index (κ3) is 1.69. The molecule has 3 rings (SSSR count). The van der Waals surface area contributed by atoms with E-state index in [-0.39, 0.29) is 0 Å². The molecule has 2 aliphatic carbocycles. The van der Waals surface area contributed by atoms with Crippen molar-refractivity contribution < 1.29 is 0 Å². The number of rotatable bonds is 0. The summed E-state index contributed by atoms with van der Waals surface area (Å²) in [5, 5.41) is 0. The van der Waals surface area contributed by atoms with E-state index in [0.717, 1.165) is 5.92 Å². The molecular weight excluding hydrogens is 319 g/mol. The molecule has 0 saturated heterocycles. The van der Waals surface area contributed by atoms with Gasteiger partial charge in [0.2, 0.25) is 0 Å². The molecule has 17 heavy (non-hydrogen) atoms. The highest BCUT2D eigenvalue weighted by Crippen LogP contribution is 2.55. The minimum Gasteiger partial charge on any atom is -0.0796 e. The van der Waals surface area contributed by atoms with Gasteiger partial charge in [-0.2, -0.15) is 0 Å². The van der Waals surface area contributed by atoms with E-state index < -0.39 is 0 Å². The van der Waals surface area contributed by atoms with Gasteiger partial charge in [-0.1, -0.05) is 72.4 Å². The molecule has 0 amide bonds. The molecule has 1 aromatic rings. The van der Waals surface area contributed by atoms with Crippen molar-refractivity contribution >= 4 is 22.6 Å². The zero-order valence-corrected chi connectivity index (χ0v) is 12.9. The van der Waals surface area contributed by atoms with Gasteiger partial charge in [0.15, 0.2) is 0 Å². The zero-order valence-electron chi connectivity index (χ0n) is 10.7. The second-order valence-electron chi connectivity index (χ2n) is 6.08. The summed E-state index contributed by atoms with van der Waals surface area (Å²) in [7, 11) is 0. The molecule has 2 unspecified atom stereocenters. The first kappa shape index (κ1) is 11.8. The third-order valence-electron chi connectivity index (χ3n) is 4.63. The number of allylic oxidation sites excluding steroid dienone is 2. The van der Waals surface area contributed by atoms with E-state index in [0.29, 0.717) is 15.3 Å². The summed E-state index contributed by atoms with van der Waals surface area (Å²) in [5.41, 5.74) is 4.89. The van der Waals surface area contributed by atoms with E-state index in [9.17, 15) is 0 Å². The molecule has 1 aromatic carbocycles.